The Hall–Kier alpha value is -3.20. The molecule has 0 bridgehead atoms. The number of aromatic carboxylic acids is 1. The lowest BCUT2D eigenvalue weighted by atomic mass is 9.72. The van der Waals surface area contributed by atoms with E-state index in [9.17, 15) is 23.9 Å². The van der Waals surface area contributed by atoms with Gasteiger partial charge in [-0.3, -0.25) is 9.59 Å². The second-order valence-corrected chi connectivity index (χ2v) is 7.44. The van der Waals surface area contributed by atoms with Gasteiger partial charge in [0.25, 0.3) is 0 Å². The number of esters is 1. The molecule has 0 unspecified atom stereocenters. The van der Waals surface area contributed by atoms with Crippen LogP contribution in [0.2, 0.25) is 0 Å². The number of ether oxygens (including phenoxy) is 4. The minimum Gasteiger partial charge on any atom is -0.496 e. The van der Waals surface area contributed by atoms with Crippen LogP contribution in [0, 0.1) is 17.7 Å². The Morgan fingerprint density at radius 3 is 2.84 bits per heavy atom. The molecule has 1 saturated heterocycles. The summed E-state index contributed by atoms with van der Waals surface area (Å²) in [7, 11) is 1.26. The summed E-state index contributed by atoms with van der Waals surface area (Å²) in [5.74, 6) is -4.43. The van der Waals surface area contributed by atoms with Crippen LogP contribution >= 0.6 is 0 Å². The fourth-order valence-electron chi connectivity index (χ4n) is 3.96. The Kier molecular flexibility index (Phi) is 6.45. The predicted molar refractivity (Wildman–Crippen MR) is 105 cm³/mol. The van der Waals surface area contributed by atoms with Crippen molar-refractivity contribution in [1.29, 1.82) is 0 Å². The van der Waals surface area contributed by atoms with E-state index >= 15 is 0 Å². The quantitative estimate of drug-likeness (QED) is 0.378. The molecule has 166 valence electrons. The van der Waals surface area contributed by atoms with E-state index in [1.807, 2.05) is 0 Å². The van der Waals surface area contributed by atoms with Crippen LogP contribution in [0.25, 0.3) is 0 Å². The lowest BCUT2D eigenvalue weighted by Crippen LogP contribution is -2.47. The summed E-state index contributed by atoms with van der Waals surface area (Å²) in [6.45, 7) is 5.08. The van der Waals surface area contributed by atoms with E-state index in [1.165, 1.54) is 25.3 Å². The molecule has 0 saturated carbocycles. The van der Waals surface area contributed by atoms with Crippen LogP contribution in [0.1, 0.15) is 29.3 Å². The normalized spacial score (nSPS) is 23.3. The average Bonchev–Trinajstić information content (AvgIpc) is 3.16. The molecule has 1 aliphatic carbocycles. The summed E-state index contributed by atoms with van der Waals surface area (Å²) in [4.78, 5) is 36.3. The smallest absolute Gasteiger partial charge is 0.339 e. The van der Waals surface area contributed by atoms with Crippen molar-refractivity contribution in [2.75, 3.05) is 20.5 Å². The topological polar surface area (TPSA) is 108 Å². The zero-order chi connectivity index (χ0) is 22.8. The van der Waals surface area contributed by atoms with E-state index in [0.29, 0.717) is 0 Å². The molecule has 3 rings (SSSR count). The fourth-order valence-corrected chi connectivity index (χ4v) is 3.96. The molecule has 0 amide bonds. The summed E-state index contributed by atoms with van der Waals surface area (Å²) in [6.07, 6.45) is 2.66. The highest BCUT2D eigenvalue weighted by Gasteiger charge is 2.54. The highest BCUT2D eigenvalue weighted by Crippen LogP contribution is 2.46. The number of rotatable bonds is 8. The fraction of sp³-hybridized carbons (Fsp3) is 0.409. The highest BCUT2D eigenvalue weighted by molar-refractivity contribution is 6.06. The number of hydrogen-bond acceptors (Lipinski definition) is 7. The zero-order valence-electron chi connectivity index (χ0n) is 17.2. The van der Waals surface area contributed by atoms with Crippen LogP contribution in [0.4, 0.5) is 4.39 Å². The van der Waals surface area contributed by atoms with Gasteiger partial charge in [-0.05, 0) is 24.0 Å². The molecule has 1 N–H and O–H groups in total. The van der Waals surface area contributed by atoms with E-state index in [1.54, 1.807) is 6.92 Å². The number of halogens is 1. The minimum atomic E-state index is -1.25. The molecule has 0 aromatic heterocycles. The van der Waals surface area contributed by atoms with Gasteiger partial charge in [0.1, 0.15) is 41.0 Å². The van der Waals surface area contributed by atoms with E-state index < -0.39 is 41.0 Å². The van der Waals surface area contributed by atoms with Gasteiger partial charge in [0.15, 0.2) is 12.6 Å². The average molecular weight is 434 g/mol. The molecule has 1 fully saturated rings. The second kappa shape index (κ2) is 8.89. The molecular weight excluding hydrogens is 411 g/mol. The van der Waals surface area contributed by atoms with Gasteiger partial charge >= 0.3 is 11.9 Å². The van der Waals surface area contributed by atoms with Crippen molar-refractivity contribution in [3.63, 3.8) is 0 Å². The molecule has 1 aromatic carbocycles. The Bertz CT molecular complexity index is 953. The maximum atomic E-state index is 14.7. The first kappa shape index (κ1) is 22.5. The number of carbonyl (C=O) groups is 3. The Balaban J connectivity index is 1.92. The maximum Gasteiger partial charge on any atom is 0.339 e. The van der Waals surface area contributed by atoms with Crippen molar-refractivity contribution in [2.45, 2.75) is 25.4 Å². The van der Waals surface area contributed by atoms with Gasteiger partial charge < -0.3 is 24.1 Å². The monoisotopic (exact) mass is 434 g/mol. The number of carboxylic acids is 1. The molecule has 8 nitrogen and oxygen atoms in total. The summed E-state index contributed by atoms with van der Waals surface area (Å²) in [5.41, 5.74) is -1.19. The number of carboxylic acid groups (broad SMARTS) is 1. The van der Waals surface area contributed by atoms with E-state index in [2.05, 4.69) is 6.58 Å². The van der Waals surface area contributed by atoms with Crippen molar-refractivity contribution < 1.29 is 42.8 Å². The van der Waals surface area contributed by atoms with E-state index in [0.717, 1.165) is 6.07 Å². The van der Waals surface area contributed by atoms with E-state index in [-0.39, 0.29) is 48.9 Å². The number of methoxy groups -OCH3 is 1. The summed E-state index contributed by atoms with van der Waals surface area (Å²) >= 11 is 0. The van der Waals surface area contributed by atoms with Crippen molar-refractivity contribution >= 4 is 17.7 Å². The van der Waals surface area contributed by atoms with Gasteiger partial charge in [0.2, 0.25) is 0 Å². The molecule has 2 aliphatic rings. The van der Waals surface area contributed by atoms with Crippen LogP contribution in [-0.4, -0.2) is 48.9 Å². The first-order valence-electron chi connectivity index (χ1n) is 9.63. The predicted octanol–water partition coefficient (Wildman–Crippen LogP) is 2.66. The number of benzene rings is 1. The third-order valence-electron chi connectivity index (χ3n) is 5.62. The maximum absolute atomic E-state index is 14.7. The molecule has 1 aromatic rings. The number of hydrogen-bond donors (Lipinski definition) is 1. The third-order valence-corrected chi connectivity index (χ3v) is 5.62. The number of fused-ring (bicyclic) bond motifs is 1. The molecule has 3 atom stereocenters. The second-order valence-electron chi connectivity index (χ2n) is 7.44. The lowest BCUT2D eigenvalue weighted by Gasteiger charge is -2.37. The molecule has 1 aliphatic heterocycles. The number of carbonyl (C=O) groups excluding carboxylic acids is 2. The molecule has 9 heteroatoms. The molecule has 0 radical (unpaired) electrons. The minimum absolute atomic E-state index is 0.0294. The lowest BCUT2D eigenvalue weighted by molar-refractivity contribution is -0.154. The van der Waals surface area contributed by atoms with Gasteiger partial charge in [0.05, 0.1) is 7.11 Å². The number of ketones is 1. The van der Waals surface area contributed by atoms with Crippen LogP contribution in [-0.2, 0) is 30.2 Å². The van der Waals surface area contributed by atoms with Crippen LogP contribution in [0.3, 0.4) is 0 Å². The molecule has 0 spiro atoms. The third kappa shape index (κ3) is 4.18. The molecule has 1 heterocycles. The van der Waals surface area contributed by atoms with Crippen LogP contribution in [0.5, 0.6) is 5.75 Å². The standard InChI is InChI=1S/C22H23FO8/c1-4-5-29-21(27)15-10-22(19(9-17(15)24)30-11-31-22)12(2)6-13-7-14(20(25)26)18(28-3)8-16(13)23/h4,7-9,12,15H,1,5-6,10-11H2,2-3H3,(H,25,26)/t12-,15+,22+/m0/s1. The molecule has 31 heavy (non-hydrogen) atoms. The van der Waals surface area contributed by atoms with Gasteiger partial charge in [-0.25, -0.2) is 9.18 Å². The van der Waals surface area contributed by atoms with E-state index in [4.69, 9.17) is 18.9 Å². The van der Waals surface area contributed by atoms with Crippen molar-refractivity contribution in [2.24, 2.45) is 11.8 Å². The van der Waals surface area contributed by atoms with Gasteiger partial charge in [-0.2, -0.15) is 0 Å². The first-order chi connectivity index (χ1) is 14.7. The SMILES string of the molecule is C=CCOC(=O)[C@@H]1C[C@]2([C@@H](C)Cc3cc(C(=O)O)c(OC)cc3F)OCOC2=CC1=O. The number of allylic oxidation sites excluding steroid dienone is 1. The summed E-state index contributed by atoms with van der Waals surface area (Å²) < 4.78 is 36.0. The first-order valence-corrected chi connectivity index (χ1v) is 9.63. The van der Waals surface area contributed by atoms with Gasteiger partial charge in [-0.15, -0.1) is 0 Å². The zero-order valence-corrected chi connectivity index (χ0v) is 17.2. The Morgan fingerprint density at radius 2 is 2.19 bits per heavy atom. The largest absolute Gasteiger partial charge is 0.496 e. The Morgan fingerprint density at radius 1 is 1.45 bits per heavy atom. The van der Waals surface area contributed by atoms with Crippen molar-refractivity contribution in [1.82, 2.24) is 0 Å². The summed E-state index contributed by atoms with van der Waals surface area (Å²) in [6, 6.07) is 2.23. The van der Waals surface area contributed by atoms with Crippen molar-refractivity contribution in [3.05, 3.63) is 53.6 Å². The van der Waals surface area contributed by atoms with Crippen LogP contribution < -0.4 is 4.74 Å². The van der Waals surface area contributed by atoms with Crippen molar-refractivity contribution in [3.8, 4) is 5.75 Å². The van der Waals surface area contributed by atoms with Gasteiger partial charge in [-0.1, -0.05) is 19.6 Å². The highest BCUT2D eigenvalue weighted by atomic mass is 19.1. The molecular formula is C22H23FO8. The summed E-state index contributed by atoms with van der Waals surface area (Å²) in [5, 5.41) is 9.39. The van der Waals surface area contributed by atoms with Crippen LogP contribution in [0.15, 0.2) is 36.6 Å². The van der Waals surface area contributed by atoms with Gasteiger partial charge in [0, 0.05) is 18.6 Å². The Labute approximate surface area is 178 Å².